The van der Waals surface area contributed by atoms with Gasteiger partial charge < -0.3 is 20.1 Å². The van der Waals surface area contributed by atoms with Crippen molar-refractivity contribution in [1.29, 1.82) is 0 Å². The van der Waals surface area contributed by atoms with Crippen LogP contribution in [0.4, 0.5) is 5.69 Å². The Balaban J connectivity index is 1.58. The van der Waals surface area contributed by atoms with Crippen LogP contribution in [0.2, 0.25) is 0 Å². The minimum absolute atomic E-state index is 0.0393. The van der Waals surface area contributed by atoms with Gasteiger partial charge in [-0.3, -0.25) is 4.79 Å². The average Bonchev–Trinajstić information content (AvgIpc) is 2.91. The summed E-state index contributed by atoms with van der Waals surface area (Å²) in [6, 6.07) is 7.65. The van der Waals surface area contributed by atoms with Gasteiger partial charge in [0.05, 0.1) is 13.2 Å². The standard InChI is InChI=1S/C15H20N2O3/c1-10(12-8-16-9-12)14(18)17-13-4-2-11(3-5-13)15-19-6-7-20-15/h2-5,10,12,15-16H,6-9H2,1H3,(H,17,18). The monoisotopic (exact) mass is 276 g/mol. The predicted molar refractivity (Wildman–Crippen MR) is 75.2 cm³/mol. The second-order valence-corrected chi connectivity index (χ2v) is 5.39. The van der Waals surface area contributed by atoms with Gasteiger partial charge in [-0.25, -0.2) is 0 Å². The van der Waals surface area contributed by atoms with Crippen molar-refractivity contribution in [2.45, 2.75) is 13.2 Å². The Kier molecular flexibility index (Phi) is 4.00. The van der Waals surface area contributed by atoms with Gasteiger partial charge in [0, 0.05) is 17.2 Å². The van der Waals surface area contributed by atoms with Crippen molar-refractivity contribution >= 4 is 11.6 Å². The van der Waals surface area contributed by atoms with Gasteiger partial charge in [0.15, 0.2) is 6.29 Å². The van der Waals surface area contributed by atoms with Gasteiger partial charge in [0.25, 0.3) is 0 Å². The van der Waals surface area contributed by atoms with Crippen molar-refractivity contribution < 1.29 is 14.3 Å². The van der Waals surface area contributed by atoms with Gasteiger partial charge >= 0.3 is 0 Å². The summed E-state index contributed by atoms with van der Waals surface area (Å²) in [4.78, 5) is 12.1. The maximum atomic E-state index is 12.1. The lowest BCUT2D eigenvalue weighted by atomic mass is 9.88. The van der Waals surface area contributed by atoms with Crippen LogP contribution < -0.4 is 10.6 Å². The highest BCUT2D eigenvalue weighted by Crippen LogP contribution is 2.25. The van der Waals surface area contributed by atoms with Gasteiger partial charge in [-0.1, -0.05) is 19.1 Å². The number of carbonyl (C=O) groups is 1. The summed E-state index contributed by atoms with van der Waals surface area (Å²) >= 11 is 0. The predicted octanol–water partition coefficient (Wildman–Crippen LogP) is 1.53. The molecule has 0 spiro atoms. The van der Waals surface area contributed by atoms with Crippen LogP contribution in [0.1, 0.15) is 18.8 Å². The van der Waals surface area contributed by atoms with Gasteiger partial charge in [-0.05, 0) is 31.1 Å². The third kappa shape index (κ3) is 2.85. The van der Waals surface area contributed by atoms with Crippen LogP contribution in [0.25, 0.3) is 0 Å². The Labute approximate surface area is 118 Å². The number of carbonyl (C=O) groups excluding carboxylic acids is 1. The number of anilines is 1. The van der Waals surface area contributed by atoms with Crippen LogP contribution >= 0.6 is 0 Å². The summed E-state index contributed by atoms with van der Waals surface area (Å²) in [6.07, 6.45) is -0.264. The minimum Gasteiger partial charge on any atom is -0.346 e. The normalized spacial score (nSPS) is 21.4. The molecule has 2 heterocycles. The number of amides is 1. The second-order valence-electron chi connectivity index (χ2n) is 5.39. The van der Waals surface area contributed by atoms with E-state index in [2.05, 4.69) is 10.6 Å². The molecule has 1 atom stereocenters. The fourth-order valence-corrected chi connectivity index (χ4v) is 2.41. The molecule has 5 nitrogen and oxygen atoms in total. The van der Waals surface area contributed by atoms with Crippen LogP contribution in [0, 0.1) is 11.8 Å². The van der Waals surface area contributed by atoms with Gasteiger partial charge in [-0.15, -0.1) is 0 Å². The highest BCUT2D eigenvalue weighted by Gasteiger charge is 2.28. The molecule has 2 N–H and O–H groups in total. The van der Waals surface area contributed by atoms with Gasteiger partial charge in [0.2, 0.25) is 5.91 Å². The minimum atomic E-state index is -0.264. The number of hydrogen-bond acceptors (Lipinski definition) is 4. The second kappa shape index (κ2) is 5.91. The van der Waals surface area contributed by atoms with E-state index in [-0.39, 0.29) is 18.1 Å². The number of benzene rings is 1. The number of nitrogens with one attached hydrogen (secondary N) is 2. The first-order chi connectivity index (χ1) is 9.74. The number of rotatable bonds is 4. The van der Waals surface area contributed by atoms with Crippen molar-refractivity contribution in [3.8, 4) is 0 Å². The van der Waals surface area contributed by atoms with Crippen LogP contribution in [0.15, 0.2) is 24.3 Å². The van der Waals surface area contributed by atoms with Crippen molar-refractivity contribution in [2.75, 3.05) is 31.6 Å². The highest BCUT2D eigenvalue weighted by molar-refractivity contribution is 5.92. The Morgan fingerprint density at radius 1 is 1.25 bits per heavy atom. The quantitative estimate of drug-likeness (QED) is 0.875. The third-order valence-corrected chi connectivity index (χ3v) is 4.01. The summed E-state index contributed by atoms with van der Waals surface area (Å²) in [5.41, 5.74) is 1.80. The van der Waals surface area contributed by atoms with E-state index in [1.807, 2.05) is 31.2 Å². The van der Waals surface area contributed by atoms with E-state index < -0.39 is 0 Å². The van der Waals surface area contributed by atoms with Gasteiger partial charge in [-0.2, -0.15) is 0 Å². The first-order valence-electron chi connectivity index (χ1n) is 7.09. The molecule has 20 heavy (non-hydrogen) atoms. The molecule has 0 aromatic heterocycles. The molecule has 1 aromatic carbocycles. The Morgan fingerprint density at radius 2 is 1.90 bits per heavy atom. The molecule has 2 fully saturated rings. The van der Waals surface area contributed by atoms with E-state index in [0.29, 0.717) is 19.1 Å². The summed E-state index contributed by atoms with van der Waals surface area (Å²) in [5, 5.41) is 6.15. The van der Waals surface area contributed by atoms with E-state index in [1.54, 1.807) is 0 Å². The SMILES string of the molecule is CC(C(=O)Nc1ccc(C2OCCO2)cc1)C1CNC1. The molecule has 2 aliphatic heterocycles. The first kappa shape index (κ1) is 13.5. The molecule has 1 amide bonds. The molecule has 3 rings (SSSR count). The molecular weight excluding hydrogens is 256 g/mol. The van der Waals surface area contributed by atoms with E-state index >= 15 is 0 Å². The van der Waals surface area contributed by atoms with Crippen LogP contribution in [0.3, 0.4) is 0 Å². The highest BCUT2D eigenvalue weighted by atomic mass is 16.7. The molecule has 0 aliphatic carbocycles. The first-order valence-corrected chi connectivity index (χ1v) is 7.09. The van der Waals surface area contributed by atoms with Gasteiger partial charge in [0.1, 0.15) is 0 Å². The molecule has 0 radical (unpaired) electrons. The Morgan fingerprint density at radius 3 is 2.45 bits per heavy atom. The lowest BCUT2D eigenvalue weighted by Gasteiger charge is -2.31. The summed E-state index contributed by atoms with van der Waals surface area (Å²) in [5.74, 6) is 0.574. The summed E-state index contributed by atoms with van der Waals surface area (Å²) < 4.78 is 10.9. The van der Waals surface area contributed by atoms with E-state index in [0.717, 1.165) is 24.3 Å². The van der Waals surface area contributed by atoms with E-state index in [9.17, 15) is 4.79 Å². The fourth-order valence-electron chi connectivity index (χ4n) is 2.41. The number of ether oxygens (including phenoxy) is 2. The van der Waals surface area contributed by atoms with Crippen molar-refractivity contribution in [3.05, 3.63) is 29.8 Å². The molecule has 2 saturated heterocycles. The molecule has 0 saturated carbocycles. The molecule has 108 valence electrons. The number of hydrogen-bond donors (Lipinski definition) is 2. The Bertz CT molecular complexity index is 465. The largest absolute Gasteiger partial charge is 0.346 e. The summed E-state index contributed by atoms with van der Waals surface area (Å²) in [7, 11) is 0. The van der Waals surface area contributed by atoms with Crippen molar-refractivity contribution in [2.24, 2.45) is 11.8 Å². The lowest BCUT2D eigenvalue weighted by Crippen LogP contribution is -2.48. The molecule has 1 unspecified atom stereocenters. The topological polar surface area (TPSA) is 59.6 Å². The summed E-state index contributed by atoms with van der Waals surface area (Å²) in [6.45, 7) is 5.12. The fraction of sp³-hybridized carbons (Fsp3) is 0.533. The zero-order valence-corrected chi connectivity index (χ0v) is 11.6. The van der Waals surface area contributed by atoms with E-state index in [4.69, 9.17) is 9.47 Å². The Hall–Kier alpha value is -1.43. The smallest absolute Gasteiger partial charge is 0.227 e. The average molecular weight is 276 g/mol. The van der Waals surface area contributed by atoms with Crippen LogP contribution in [-0.2, 0) is 14.3 Å². The van der Waals surface area contributed by atoms with Crippen molar-refractivity contribution in [3.63, 3.8) is 0 Å². The molecule has 1 aromatic rings. The van der Waals surface area contributed by atoms with Crippen molar-refractivity contribution in [1.82, 2.24) is 5.32 Å². The third-order valence-electron chi connectivity index (χ3n) is 4.01. The van der Waals surface area contributed by atoms with Crippen LogP contribution in [-0.4, -0.2) is 32.2 Å². The molecule has 2 aliphatic rings. The zero-order chi connectivity index (χ0) is 13.9. The molecular formula is C15H20N2O3. The maximum Gasteiger partial charge on any atom is 0.227 e. The maximum absolute atomic E-state index is 12.1. The zero-order valence-electron chi connectivity index (χ0n) is 11.6. The molecule has 0 bridgehead atoms. The lowest BCUT2D eigenvalue weighted by molar-refractivity contribution is -0.121. The van der Waals surface area contributed by atoms with Crippen LogP contribution in [0.5, 0.6) is 0 Å². The molecule has 5 heteroatoms. The van der Waals surface area contributed by atoms with E-state index in [1.165, 1.54) is 0 Å².